The smallest absolute Gasteiger partial charge is 0.251 e. The molecule has 3 heterocycles. The molecule has 3 aliphatic carbocycles. The van der Waals surface area contributed by atoms with Gasteiger partial charge < -0.3 is 30.1 Å². The molecule has 0 unspecified atom stereocenters. The Hall–Kier alpha value is -3.37. The Morgan fingerprint density at radius 2 is 1.66 bits per heavy atom. The van der Waals surface area contributed by atoms with Gasteiger partial charge in [-0.3, -0.25) is 14.5 Å². The van der Waals surface area contributed by atoms with Gasteiger partial charge in [-0.2, -0.15) is 0 Å². The molecule has 2 amide bonds. The van der Waals surface area contributed by atoms with Gasteiger partial charge in [0.05, 0.1) is 18.5 Å². The number of hydrogen-bond acceptors (Lipinski definition) is 8. The maximum Gasteiger partial charge on any atom is 0.251 e. The van der Waals surface area contributed by atoms with Crippen molar-refractivity contribution in [2.45, 2.75) is 102 Å². The lowest BCUT2D eigenvalue weighted by atomic mass is 9.89. The van der Waals surface area contributed by atoms with E-state index in [2.05, 4.69) is 25.3 Å². The van der Waals surface area contributed by atoms with Crippen molar-refractivity contribution < 1.29 is 14.3 Å². The van der Waals surface area contributed by atoms with E-state index in [-0.39, 0.29) is 23.9 Å². The van der Waals surface area contributed by atoms with E-state index in [1.807, 2.05) is 44.3 Å². The predicted octanol–water partition coefficient (Wildman–Crippen LogP) is 5.41. The number of nitrogens with zero attached hydrogens (tertiary/aromatic N) is 5. The molecule has 10 nitrogen and oxygen atoms in total. The number of amides is 2. The van der Waals surface area contributed by atoms with Crippen molar-refractivity contribution in [2.75, 3.05) is 62.0 Å². The van der Waals surface area contributed by atoms with Gasteiger partial charge >= 0.3 is 0 Å². The van der Waals surface area contributed by atoms with Crippen LogP contribution in [0.3, 0.4) is 0 Å². The third-order valence-electron chi connectivity index (χ3n) is 11.4. The van der Waals surface area contributed by atoms with Gasteiger partial charge in [0, 0.05) is 63.5 Å². The number of piperazine rings is 1. The minimum Gasteiger partial charge on any atom is -0.495 e. The van der Waals surface area contributed by atoms with E-state index >= 15 is 0 Å². The normalized spacial score (nSPS) is 26.2. The van der Waals surface area contributed by atoms with E-state index in [1.54, 1.807) is 12.0 Å². The zero-order chi connectivity index (χ0) is 32.5. The molecule has 0 spiro atoms. The lowest BCUT2D eigenvalue weighted by Gasteiger charge is -2.44. The van der Waals surface area contributed by atoms with Crippen LogP contribution in [0.2, 0.25) is 0 Å². The number of fused-ring (bicyclic) bond motifs is 1. The monoisotopic (exact) mass is 643 g/mol. The zero-order valence-electron chi connectivity index (χ0n) is 28.5. The fraction of sp³-hybridized carbons (Fsp3) is 0.649. The van der Waals surface area contributed by atoms with E-state index in [0.717, 1.165) is 61.6 Å². The maximum absolute atomic E-state index is 13.3. The highest BCUT2D eigenvalue weighted by Crippen LogP contribution is 2.40. The van der Waals surface area contributed by atoms with Crippen LogP contribution < -0.4 is 25.2 Å². The number of aromatic nitrogens is 1. The van der Waals surface area contributed by atoms with Crippen molar-refractivity contribution in [3.63, 3.8) is 0 Å². The summed E-state index contributed by atoms with van der Waals surface area (Å²) >= 11 is 0. The second-order valence-electron chi connectivity index (χ2n) is 14.6. The van der Waals surface area contributed by atoms with Crippen molar-refractivity contribution in [3.05, 3.63) is 35.9 Å². The molecule has 47 heavy (non-hydrogen) atoms. The second-order valence-corrected chi connectivity index (χ2v) is 14.6. The molecule has 4 fully saturated rings. The van der Waals surface area contributed by atoms with Gasteiger partial charge in [-0.25, -0.2) is 4.98 Å². The van der Waals surface area contributed by atoms with Crippen LogP contribution in [-0.4, -0.2) is 97.6 Å². The van der Waals surface area contributed by atoms with Crippen LogP contribution in [0.25, 0.3) is 0 Å². The highest BCUT2D eigenvalue weighted by Gasteiger charge is 2.39. The fourth-order valence-corrected chi connectivity index (χ4v) is 8.42. The number of nitrogens with one attached hydrogen (secondary N) is 2. The molecule has 2 aliphatic heterocycles. The summed E-state index contributed by atoms with van der Waals surface area (Å²) in [5, 5.41) is 6.74. The molecule has 0 bridgehead atoms. The highest BCUT2D eigenvalue weighted by atomic mass is 16.5. The third kappa shape index (κ3) is 7.09. The summed E-state index contributed by atoms with van der Waals surface area (Å²) in [5.74, 6) is 3.13. The summed E-state index contributed by atoms with van der Waals surface area (Å²) in [6.07, 6.45) is 13.0. The molecule has 5 aliphatic rings. The molecule has 2 N–H and O–H groups in total. The van der Waals surface area contributed by atoms with Crippen molar-refractivity contribution in [3.8, 4) is 5.75 Å². The van der Waals surface area contributed by atoms with E-state index in [0.29, 0.717) is 29.2 Å². The SMILES string of the molecule is COc1cc(C(=O)N[C@H]2CC[C@H](N3CCN(CC4CC4)CC3)CC2)ccc1Nc1ccc2c(n1)N(C1CCCCC1)[C@H](C)C(=O)N2C. The molecule has 2 aromatic rings. The van der Waals surface area contributed by atoms with Crippen molar-refractivity contribution in [1.29, 1.82) is 0 Å². The predicted molar refractivity (Wildman–Crippen MR) is 187 cm³/mol. The molecule has 254 valence electrons. The number of anilines is 4. The van der Waals surface area contributed by atoms with Crippen molar-refractivity contribution in [1.82, 2.24) is 20.1 Å². The van der Waals surface area contributed by atoms with Crippen molar-refractivity contribution in [2.24, 2.45) is 5.92 Å². The highest BCUT2D eigenvalue weighted by molar-refractivity contribution is 6.04. The molecule has 3 saturated carbocycles. The summed E-state index contributed by atoms with van der Waals surface area (Å²) in [7, 11) is 3.46. The number of rotatable bonds is 9. The number of carbonyl (C=O) groups excluding carboxylic acids is 2. The number of ether oxygens (including phenoxy) is 1. The van der Waals surface area contributed by atoms with Gasteiger partial charge in [-0.05, 0) is 94.5 Å². The molecule has 1 saturated heterocycles. The average Bonchev–Trinajstić information content (AvgIpc) is 3.93. The van der Waals surface area contributed by atoms with Gasteiger partial charge in [0.2, 0.25) is 5.91 Å². The van der Waals surface area contributed by atoms with E-state index in [4.69, 9.17) is 9.72 Å². The lowest BCUT2D eigenvalue weighted by Crippen LogP contribution is -2.55. The molecule has 0 radical (unpaired) electrons. The van der Waals surface area contributed by atoms with E-state index in [1.165, 1.54) is 64.8 Å². The first-order valence-corrected chi connectivity index (χ1v) is 18.2. The number of carbonyl (C=O) groups is 2. The van der Waals surface area contributed by atoms with Crippen LogP contribution in [0.4, 0.5) is 23.0 Å². The van der Waals surface area contributed by atoms with Gasteiger partial charge in [-0.15, -0.1) is 0 Å². The molecule has 1 aromatic carbocycles. The Bertz CT molecular complexity index is 1430. The van der Waals surface area contributed by atoms with E-state index < -0.39 is 0 Å². The minimum absolute atomic E-state index is 0.0521. The summed E-state index contributed by atoms with van der Waals surface area (Å²) in [6, 6.07) is 10.3. The van der Waals surface area contributed by atoms with Gasteiger partial charge in [0.15, 0.2) is 5.82 Å². The Balaban J connectivity index is 0.968. The third-order valence-corrected chi connectivity index (χ3v) is 11.4. The van der Waals surface area contributed by atoms with Crippen LogP contribution in [-0.2, 0) is 4.79 Å². The Labute approximate surface area is 280 Å². The zero-order valence-corrected chi connectivity index (χ0v) is 28.5. The summed E-state index contributed by atoms with van der Waals surface area (Å²) < 4.78 is 5.75. The Kier molecular flexibility index (Phi) is 9.59. The number of methoxy groups -OCH3 is 1. The summed E-state index contributed by atoms with van der Waals surface area (Å²) in [5.41, 5.74) is 2.17. The lowest BCUT2D eigenvalue weighted by molar-refractivity contribution is -0.119. The molecule has 10 heteroatoms. The average molecular weight is 644 g/mol. The molecule has 1 atom stereocenters. The number of hydrogen-bond donors (Lipinski definition) is 2. The first-order chi connectivity index (χ1) is 22.9. The van der Waals surface area contributed by atoms with E-state index in [9.17, 15) is 9.59 Å². The quantitative estimate of drug-likeness (QED) is 0.375. The first kappa shape index (κ1) is 32.2. The van der Waals surface area contributed by atoms with Crippen LogP contribution in [0, 0.1) is 5.92 Å². The van der Waals surface area contributed by atoms with Crippen LogP contribution >= 0.6 is 0 Å². The Morgan fingerprint density at radius 1 is 0.915 bits per heavy atom. The number of pyridine rings is 1. The first-order valence-electron chi connectivity index (χ1n) is 18.2. The second kappa shape index (κ2) is 14.0. The molecule has 1 aromatic heterocycles. The standard InChI is InChI=1S/C37H53N7O3/c1-25-37(46)41(2)32-17-18-34(40-35(32)44(25)30-7-5-4-6-8-30)39-31-16-11-27(23-33(31)47-3)36(45)38-28-12-14-29(15-13-28)43-21-19-42(20-22-43)24-26-9-10-26/h11,16-18,23,25-26,28-30H,4-10,12-15,19-22,24H2,1-3H3,(H,38,45)(H,39,40)/t25-,28-,29-/m1/s1. The van der Waals surface area contributed by atoms with Crippen LogP contribution in [0.15, 0.2) is 30.3 Å². The summed E-state index contributed by atoms with van der Waals surface area (Å²) in [4.78, 5) is 40.8. The molecule has 7 rings (SSSR count). The van der Waals surface area contributed by atoms with Gasteiger partial charge in [0.1, 0.15) is 17.6 Å². The minimum atomic E-state index is -0.256. The Morgan fingerprint density at radius 3 is 2.36 bits per heavy atom. The molecular weight excluding hydrogens is 590 g/mol. The van der Waals surface area contributed by atoms with Crippen LogP contribution in [0.1, 0.15) is 87.9 Å². The summed E-state index contributed by atoms with van der Waals surface area (Å²) in [6.45, 7) is 8.08. The largest absolute Gasteiger partial charge is 0.495 e. The van der Waals surface area contributed by atoms with Crippen LogP contribution in [0.5, 0.6) is 5.75 Å². The van der Waals surface area contributed by atoms with Crippen molar-refractivity contribution >= 4 is 34.8 Å². The topological polar surface area (TPSA) is 93.3 Å². The molecular formula is C37H53N7O3. The fourth-order valence-electron chi connectivity index (χ4n) is 8.42. The number of likely N-dealkylation sites (N-methyl/N-ethyl adjacent to an activating group) is 1. The maximum atomic E-state index is 13.3. The van der Waals surface area contributed by atoms with Gasteiger partial charge in [0.25, 0.3) is 5.91 Å². The number of benzene rings is 1. The van der Waals surface area contributed by atoms with Gasteiger partial charge in [-0.1, -0.05) is 19.3 Å².